The van der Waals surface area contributed by atoms with Gasteiger partial charge in [-0.15, -0.1) is 0 Å². The van der Waals surface area contributed by atoms with Crippen LogP contribution >= 0.6 is 0 Å². The second-order valence-electron chi connectivity index (χ2n) is 8.84. The van der Waals surface area contributed by atoms with Crippen molar-refractivity contribution < 1.29 is 9.18 Å². The van der Waals surface area contributed by atoms with Crippen LogP contribution in [0.1, 0.15) is 67.2 Å². The van der Waals surface area contributed by atoms with Crippen molar-refractivity contribution in [2.24, 2.45) is 0 Å². The zero-order chi connectivity index (χ0) is 20.9. The van der Waals surface area contributed by atoms with Gasteiger partial charge in [0.1, 0.15) is 17.2 Å². The van der Waals surface area contributed by atoms with Crippen molar-refractivity contribution in [2.75, 3.05) is 11.4 Å². The lowest BCUT2D eigenvalue weighted by Crippen LogP contribution is -2.43. The molecule has 8 heteroatoms. The largest absolute Gasteiger partial charge is 0.349 e. The normalized spacial score (nSPS) is 21.2. The average Bonchev–Trinajstić information content (AvgIpc) is 3.34. The van der Waals surface area contributed by atoms with Gasteiger partial charge in [-0.05, 0) is 63.6 Å². The van der Waals surface area contributed by atoms with Crippen molar-refractivity contribution in [3.8, 4) is 0 Å². The Morgan fingerprint density at radius 2 is 2.13 bits per heavy atom. The molecule has 0 radical (unpaired) electrons. The van der Waals surface area contributed by atoms with Crippen LogP contribution in [0, 0.1) is 5.82 Å². The molecule has 7 nitrogen and oxygen atoms in total. The van der Waals surface area contributed by atoms with E-state index in [-0.39, 0.29) is 17.8 Å². The molecule has 0 aromatic carbocycles. The van der Waals surface area contributed by atoms with E-state index in [0.717, 1.165) is 55.7 Å². The third kappa shape index (κ3) is 3.30. The lowest BCUT2D eigenvalue weighted by molar-refractivity contribution is 0.0910. The molecular formula is C22H25FN6O. The summed E-state index contributed by atoms with van der Waals surface area (Å²) < 4.78 is 15.8. The van der Waals surface area contributed by atoms with Crippen molar-refractivity contribution in [2.45, 2.75) is 57.5 Å². The highest BCUT2D eigenvalue weighted by Crippen LogP contribution is 2.37. The molecule has 1 atom stereocenters. The molecule has 3 aromatic heterocycles. The molecule has 156 valence electrons. The van der Waals surface area contributed by atoms with Crippen LogP contribution in [0.3, 0.4) is 0 Å². The van der Waals surface area contributed by atoms with Gasteiger partial charge in [0.05, 0.1) is 18.4 Å². The first-order valence-corrected chi connectivity index (χ1v) is 10.5. The SMILES string of the molecule is CC1(C)CCCc2ncc(F)cc2[C@H]2CCCN2c2ccn3ncc(c3n2)C(=O)N1. The minimum absolute atomic E-state index is 0.0225. The highest BCUT2D eigenvalue weighted by Gasteiger charge is 2.31. The van der Waals surface area contributed by atoms with E-state index in [1.165, 1.54) is 6.20 Å². The fourth-order valence-corrected chi connectivity index (χ4v) is 4.66. The van der Waals surface area contributed by atoms with E-state index < -0.39 is 5.54 Å². The van der Waals surface area contributed by atoms with Gasteiger partial charge in [-0.1, -0.05) is 0 Å². The summed E-state index contributed by atoms with van der Waals surface area (Å²) in [6.07, 6.45) is 8.98. The minimum Gasteiger partial charge on any atom is -0.349 e. The van der Waals surface area contributed by atoms with E-state index in [0.29, 0.717) is 11.2 Å². The van der Waals surface area contributed by atoms with Gasteiger partial charge in [-0.2, -0.15) is 5.10 Å². The van der Waals surface area contributed by atoms with E-state index in [1.807, 2.05) is 26.1 Å². The van der Waals surface area contributed by atoms with Gasteiger partial charge in [0, 0.05) is 24.0 Å². The molecule has 1 saturated heterocycles. The minimum atomic E-state index is -0.396. The molecule has 0 saturated carbocycles. The Hall–Kier alpha value is -3.03. The second-order valence-corrected chi connectivity index (χ2v) is 8.84. The zero-order valence-corrected chi connectivity index (χ0v) is 17.2. The van der Waals surface area contributed by atoms with Crippen LogP contribution in [0.5, 0.6) is 0 Å². The Labute approximate surface area is 174 Å². The average molecular weight is 408 g/mol. The quantitative estimate of drug-likeness (QED) is 0.617. The van der Waals surface area contributed by atoms with E-state index in [2.05, 4.69) is 20.3 Å². The number of aromatic nitrogens is 4. The summed E-state index contributed by atoms with van der Waals surface area (Å²) in [4.78, 5) is 24.4. The number of amides is 1. The maximum absolute atomic E-state index is 14.2. The molecular weight excluding hydrogens is 383 g/mol. The summed E-state index contributed by atoms with van der Waals surface area (Å²) in [5.74, 6) is 0.289. The molecule has 30 heavy (non-hydrogen) atoms. The number of carbonyl (C=O) groups is 1. The smallest absolute Gasteiger partial charge is 0.257 e. The van der Waals surface area contributed by atoms with E-state index in [4.69, 9.17) is 4.98 Å². The molecule has 2 aliphatic heterocycles. The molecule has 3 aromatic rings. The summed E-state index contributed by atoms with van der Waals surface area (Å²) >= 11 is 0. The first-order valence-electron chi connectivity index (χ1n) is 10.5. The number of nitrogens with zero attached hydrogens (tertiary/aromatic N) is 5. The Kier molecular flexibility index (Phi) is 4.45. The first-order chi connectivity index (χ1) is 14.4. The van der Waals surface area contributed by atoms with Crippen LogP contribution < -0.4 is 10.2 Å². The van der Waals surface area contributed by atoms with Crippen LogP contribution in [-0.2, 0) is 6.42 Å². The number of anilines is 1. The lowest BCUT2D eigenvalue weighted by atomic mass is 9.93. The Bertz CT molecular complexity index is 1120. The summed E-state index contributed by atoms with van der Waals surface area (Å²) in [5, 5.41) is 7.42. The monoisotopic (exact) mass is 408 g/mol. The summed E-state index contributed by atoms with van der Waals surface area (Å²) in [7, 11) is 0. The Morgan fingerprint density at radius 1 is 1.27 bits per heavy atom. The number of hydrogen-bond acceptors (Lipinski definition) is 5. The zero-order valence-electron chi connectivity index (χ0n) is 17.2. The first kappa shape index (κ1) is 19.0. The van der Waals surface area contributed by atoms with E-state index >= 15 is 0 Å². The number of hydrogen-bond donors (Lipinski definition) is 1. The van der Waals surface area contributed by atoms with Gasteiger partial charge in [0.15, 0.2) is 5.65 Å². The standard InChI is InChI=1S/C22H25FN6O/c1-22(2)8-3-5-17-15(11-14(23)12-24-17)18-6-4-9-28(18)19-7-10-29-20(26-19)16(13-25-29)21(30)27-22/h7,10-13,18H,3-6,8-9H2,1-2H3,(H,27,30)/t18-/m1/s1. The molecule has 0 aliphatic carbocycles. The second kappa shape index (κ2) is 7.04. The summed E-state index contributed by atoms with van der Waals surface area (Å²) in [6, 6.07) is 3.56. The van der Waals surface area contributed by atoms with Crippen molar-refractivity contribution in [3.63, 3.8) is 0 Å². The fourth-order valence-electron chi connectivity index (χ4n) is 4.66. The van der Waals surface area contributed by atoms with Crippen molar-refractivity contribution in [3.05, 3.63) is 53.4 Å². The van der Waals surface area contributed by atoms with E-state index in [9.17, 15) is 9.18 Å². The molecule has 5 rings (SSSR count). The molecule has 1 fully saturated rings. The number of halogens is 1. The van der Waals surface area contributed by atoms with Crippen molar-refractivity contribution >= 4 is 17.4 Å². The van der Waals surface area contributed by atoms with Crippen LogP contribution in [0.15, 0.2) is 30.7 Å². The lowest BCUT2D eigenvalue weighted by Gasteiger charge is -2.29. The molecule has 5 heterocycles. The van der Waals surface area contributed by atoms with Crippen LogP contribution in [0.25, 0.3) is 5.65 Å². The van der Waals surface area contributed by atoms with Gasteiger partial charge < -0.3 is 10.2 Å². The van der Waals surface area contributed by atoms with Crippen LogP contribution in [0.2, 0.25) is 0 Å². The van der Waals surface area contributed by atoms with E-state index in [1.54, 1.807) is 16.8 Å². The topological polar surface area (TPSA) is 75.4 Å². The Balaban J connectivity index is 1.67. The summed E-state index contributed by atoms with van der Waals surface area (Å²) in [6.45, 7) is 4.85. The van der Waals surface area contributed by atoms with Crippen molar-refractivity contribution in [1.82, 2.24) is 24.9 Å². The van der Waals surface area contributed by atoms with Gasteiger partial charge in [-0.3, -0.25) is 9.78 Å². The predicted octanol–water partition coefficient (Wildman–Crippen LogP) is 3.45. The Morgan fingerprint density at radius 3 is 3.00 bits per heavy atom. The van der Waals surface area contributed by atoms with Gasteiger partial charge in [0.2, 0.25) is 0 Å². The van der Waals surface area contributed by atoms with Gasteiger partial charge >= 0.3 is 0 Å². The number of carbonyl (C=O) groups excluding carboxylic acids is 1. The number of rotatable bonds is 0. The maximum atomic E-state index is 14.2. The highest BCUT2D eigenvalue weighted by atomic mass is 19.1. The molecule has 0 spiro atoms. The number of aryl methyl sites for hydroxylation is 1. The molecule has 1 N–H and O–H groups in total. The van der Waals surface area contributed by atoms with Crippen LogP contribution in [-0.4, -0.2) is 37.6 Å². The highest BCUT2D eigenvalue weighted by molar-refractivity contribution is 6.00. The predicted molar refractivity (Wildman–Crippen MR) is 111 cm³/mol. The molecule has 2 aliphatic rings. The maximum Gasteiger partial charge on any atom is 0.257 e. The fraction of sp³-hybridized carbons (Fsp3) is 0.455. The van der Waals surface area contributed by atoms with Crippen molar-refractivity contribution in [1.29, 1.82) is 0 Å². The molecule has 1 amide bonds. The molecule has 0 unspecified atom stereocenters. The third-order valence-corrected chi connectivity index (χ3v) is 6.14. The number of nitrogens with one attached hydrogen (secondary N) is 1. The number of fused-ring (bicyclic) bond motifs is 5. The molecule has 2 bridgehead atoms. The van der Waals surface area contributed by atoms with Gasteiger partial charge in [0.25, 0.3) is 5.91 Å². The number of pyridine rings is 1. The third-order valence-electron chi connectivity index (χ3n) is 6.14. The summed E-state index contributed by atoms with van der Waals surface area (Å²) in [5.41, 5.74) is 2.47. The van der Waals surface area contributed by atoms with Crippen LogP contribution in [0.4, 0.5) is 10.2 Å². The van der Waals surface area contributed by atoms with Gasteiger partial charge in [-0.25, -0.2) is 13.9 Å².